The fourth-order valence-corrected chi connectivity index (χ4v) is 4.60. The van der Waals surface area contributed by atoms with Crippen molar-refractivity contribution in [1.29, 1.82) is 0 Å². The van der Waals surface area contributed by atoms with E-state index in [4.69, 9.17) is 4.74 Å². The van der Waals surface area contributed by atoms with E-state index in [2.05, 4.69) is 14.9 Å². The summed E-state index contributed by atoms with van der Waals surface area (Å²) in [4.78, 5) is 38.7. The molecular formula is C24H25N5O4. The molecular weight excluding hydrogens is 422 g/mol. The zero-order valence-electron chi connectivity index (χ0n) is 18.3. The molecule has 33 heavy (non-hydrogen) atoms. The predicted molar refractivity (Wildman–Crippen MR) is 120 cm³/mol. The van der Waals surface area contributed by atoms with Gasteiger partial charge in [0.05, 0.1) is 30.5 Å². The molecule has 0 aromatic carbocycles. The van der Waals surface area contributed by atoms with Crippen LogP contribution in [0.25, 0.3) is 11.4 Å². The number of aliphatic hydroxyl groups is 1. The van der Waals surface area contributed by atoms with Crippen LogP contribution < -0.4 is 0 Å². The van der Waals surface area contributed by atoms with Crippen LogP contribution in [0.5, 0.6) is 0 Å². The van der Waals surface area contributed by atoms with E-state index in [1.54, 1.807) is 46.9 Å². The Morgan fingerprint density at radius 1 is 1.12 bits per heavy atom. The zero-order chi connectivity index (χ0) is 22.9. The Bertz CT molecular complexity index is 1230. The van der Waals surface area contributed by atoms with Gasteiger partial charge in [-0.3, -0.25) is 23.9 Å². The SMILES string of the molecule is Cc1nc2ccccn2c1C(O)=C1C(=O)C(=O)N(CCN2CCOCC2)C1c1ccncc1. The zero-order valence-corrected chi connectivity index (χ0v) is 18.3. The Morgan fingerprint density at radius 3 is 2.64 bits per heavy atom. The molecule has 2 saturated heterocycles. The molecule has 1 N–H and O–H groups in total. The van der Waals surface area contributed by atoms with Gasteiger partial charge in [-0.05, 0) is 36.8 Å². The number of pyridine rings is 2. The van der Waals surface area contributed by atoms with E-state index >= 15 is 0 Å². The largest absolute Gasteiger partial charge is 0.505 e. The van der Waals surface area contributed by atoms with Crippen LogP contribution in [0, 0.1) is 6.92 Å². The Balaban J connectivity index is 1.59. The Hall–Kier alpha value is -3.56. The van der Waals surface area contributed by atoms with Crippen molar-refractivity contribution in [3.05, 3.63) is 71.4 Å². The number of morpholine rings is 1. The molecule has 5 heterocycles. The molecule has 2 aliphatic rings. The first-order valence-corrected chi connectivity index (χ1v) is 11.0. The maximum Gasteiger partial charge on any atom is 0.295 e. The summed E-state index contributed by atoms with van der Waals surface area (Å²) < 4.78 is 7.14. The van der Waals surface area contributed by atoms with Gasteiger partial charge < -0.3 is 14.7 Å². The van der Waals surface area contributed by atoms with Crippen molar-refractivity contribution in [1.82, 2.24) is 24.2 Å². The standard InChI is InChI=1S/C24H25N5O4/c1-16-20(28-9-3-2-4-18(28)26-16)22(30)19-21(17-5-7-25-8-6-17)29(24(32)23(19)31)11-10-27-12-14-33-15-13-27/h2-9,21,30H,10-15H2,1H3. The normalized spacial score (nSPS) is 21.2. The first kappa shape index (κ1) is 21.3. The number of fused-ring (bicyclic) bond motifs is 1. The smallest absolute Gasteiger partial charge is 0.295 e. The summed E-state index contributed by atoms with van der Waals surface area (Å²) in [6.45, 7) is 5.63. The topological polar surface area (TPSA) is 100 Å². The van der Waals surface area contributed by atoms with Gasteiger partial charge in [-0.1, -0.05) is 6.07 Å². The van der Waals surface area contributed by atoms with Crippen LogP contribution >= 0.6 is 0 Å². The van der Waals surface area contributed by atoms with Crippen molar-refractivity contribution < 1.29 is 19.4 Å². The number of hydrogen-bond donors (Lipinski definition) is 1. The molecule has 2 aliphatic heterocycles. The first-order chi connectivity index (χ1) is 16.1. The van der Waals surface area contributed by atoms with E-state index in [1.807, 2.05) is 18.2 Å². The highest BCUT2D eigenvalue weighted by atomic mass is 16.5. The van der Waals surface area contributed by atoms with Crippen molar-refractivity contribution in [3.8, 4) is 0 Å². The number of carbonyl (C=O) groups is 2. The highest BCUT2D eigenvalue weighted by Crippen LogP contribution is 2.39. The summed E-state index contributed by atoms with van der Waals surface area (Å²) in [7, 11) is 0. The lowest BCUT2D eigenvalue weighted by molar-refractivity contribution is -0.140. The van der Waals surface area contributed by atoms with E-state index in [1.165, 1.54) is 0 Å². The van der Waals surface area contributed by atoms with Gasteiger partial charge in [-0.25, -0.2) is 4.98 Å². The fourth-order valence-electron chi connectivity index (χ4n) is 4.60. The fraction of sp³-hybridized carbons (Fsp3) is 0.333. The molecule has 0 radical (unpaired) electrons. The van der Waals surface area contributed by atoms with Gasteiger partial charge in [0.25, 0.3) is 11.7 Å². The highest BCUT2D eigenvalue weighted by molar-refractivity contribution is 6.46. The minimum Gasteiger partial charge on any atom is -0.505 e. The number of rotatable bonds is 5. The van der Waals surface area contributed by atoms with E-state index in [0.717, 1.165) is 18.7 Å². The van der Waals surface area contributed by atoms with Crippen LogP contribution in [0.2, 0.25) is 0 Å². The second-order valence-electron chi connectivity index (χ2n) is 8.20. The molecule has 0 bridgehead atoms. The van der Waals surface area contributed by atoms with Crippen LogP contribution in [0.1, 0.15) is 23.0 Å². The summed E-state index contributed by atoms with van der Waals surface area (Å²) in [6, 6.07) is 8.34. The number of carbonyl (C=O) groups excluding carboxylic acids is 2. The summed E-state index contributed by atoms with van der Waals surface area (Å²) in [6.07, 6.45) is 5.02. The van der Waals surface area contributed by atoms with E-state index in [0.29, 0.717) is 43.3 Å². The van der Waals surface area contributed by atoms with Gasteiger partial charge in [0.15, 0.2) is 5.76 Å². The summed E-state index contributed by atoms with van der Waals surface area (Å²) in [5, 5.41) is 11.4. The number of aromatic nitrogens is 3. The monoisotopic (exact) mass is 447 g/mol. The van der Waals surface area contributed by atoms with Crippen LogP contribution in [0.15, 0.2) is 54.5 Å². The Kier molecular flexibility index (Phi) is 5.65. The van der Waals surface area contributed by atoms with Gasteiger partial charge in [-0.15, -0.1) is 0 Å². The number of Topliss-reactive ketones (excluding diaryl/α,β-unsaturated/α-hetero) is 1. The summed E-state index contributed by atoms with van der Waals surface area (Å²) >= 11 is 0. The van der Waals surface area contributed by atoms with Crippen LogP contribution in [-0.4, -0.2) is 80.4 Å². The molecule has 3 aromatic heterocycles. The van der Waals surface area contributed by atoms with E-state index in [9.17, 15) is 14.7 Å². The molecule has 1 amide bonds. The maximum atomic E-state index is 13.2. The van der Waals surface area contributed by atoms with Crippen molar-refractivity contribution in [3.63, 3.8) is 0 Å². The van der Waals surface area contributed by atoms with Gasteiger partial charge in [0.1, 0.15) is 11.3 Å². The molecule has 1 unspecified atom stereocenters. The molecule has 9 heteroatoms. The van der Waals surface area contributed by atoms with Crippen molar-refractivity contribution >= 4 is 23.1 Å². The van der Waals surface area contributed by atoms with Gasteiger partial charge in [0.2, 0.25) is 0 Å². The number of ketones is 1. The van der Waals surface area contributed by atoms with Gasteiger partial charge >= 0.3 is 0 Å². The Morgan fingerprint density at radius 2 is 1.88 bits per heavy atom. The van der Waals surface area contributed by atoms with Crippen molar-refractivity contribution in [2.45, 2.75) is 13.0 Å². The Labute approximate surface area is 190 Å². The molecule has 0 saturated carbocycles. The summed E-state index contributed by atoms with van der Waals surface area (Å²) in [5.74, 6) is -1.53. The number of aliphatic hydroxyl groups excluding tert-OH is 1. The number of likely N-dealkylation sites (tertiary alicyclic amines) is 1. The summed E-state index contributed by atoms with van der Waals surface area (Å²) in [5.41, 5.74) is 2.43. The second kappa shape index (κ2) is 8.76. The van der Waals surface area contributed by atoms with E-state index in [-0.39, 0.29) is 11.3 Å². The molecule has 2 fully saturated rings. The first-order valence-electron chi connectivity index (χ1n) is 11.0. The number of imidazole rings is 1. The lowest BCUT2D eigenvalue weighted by Gasteiger charge is -2.30. The quantitative estimate of drug-likeness (QED) is 0.362. The van der Waals surface area contributed by atoms with Crippen LogP contribution in [0.3, 0.4) is 0 Å². The van der Waals surface area contributed by atoms with Crippen LogP contribution in [0.4, 0.5) is 0 Å². The minimum absolute atomic E-state index is 0.0712. The maximum absolute atomic E-state index is 13.2. The number of ether oxygens (including phenoxy) is 1. The average molecular weight is 447 g/mol. The molecule has 0 aliphatic carbocycles. The molecule has 5 rings (SSSR count). The number of aryl methyl sites for hydroxylation is 1. The lowest BCUT2D eigenvalue weighted by atomic mass is 9.97. The minimum atomic E-state index is -0.706. The van der Waals surface area contributed by atoms with Crippen molar-refractivity contribution in [2.75, 3.05) is 39.4 Å². The van der Waals surface area contributed by atoms with Gasteiger partial charge in [0, 0.05) is 44.8 Å². The molecule has 3 aromatic rings. The molecule has 9 nitrogen and oxygen atoms in total. The lowest BCUT2D eigenvalue weighted by Crippen LogP contribution is -2.42. The number of hydrogen-bond acceptors (Lipinski definition) is 7. The number of amides is 1. The average Bonchev–Trinajstić information content (AvgIpc) is 3.31. The third-order valence-corrected chi connectivity index (χ3v) is 6.25. The van der Waals surface area contributed by atoms with Crippen molar-refractivity contribution in [2.24, 2.45) is 0 Å². The molecule has 170 valence electrons. The third kappa shape index (κ3) is 3.79. The predicted octanol–water partition coefficient (Wildman–Crippen LogP) is 1.79. The third-order valence-electron chi connectivity index (χ3n) is 6.25. The second-order valence-corrected chi connectivity index (χ2v) is 8.20. The number of nitrogens with zero attached hydrogens (tertiary/aromatic N) is 5. The molecule has 1 atom stereocenters. The van der Waals surface area contributed by atoms with Crippen LogP contribution in [-0.2, 0) is 14.3 Å². The molecule has 0 spiro atoms. The highest BCUT2D eigenvalue weighted by Gasteiger charge is 2.46. The van der Waals surface area contributed by atoms with E-state index < -0.39 is 17.7 Å². The van der Waals surface area contributed by atoms with Gasteiger partial charge in [-0.2, -0.15) is 0 Å².